The molecule has 2 N–H and O–H groups in total. The van der Waals surface area contributed by atoms with E-state index in [2.05, 4.69) is 25.2 Å². The second-order valence-corrected chi connectivity index (χ2v) is 8.27. The van der Waals surface area contributed by atoms with Crippen molar-refractivity contribution in [1.29, 1.82) is 0 Å². The molecular formula is C24H26N6O3. The van der Waals surface area contributed by atoms with Gasteiger partial charge < -0.3 is 24.1 Å². The minimum absolute atomic E-state index is 0.0396. The Bertz CT molecular complexity index is 1290. The maximum atomic E-state index is 13.1. The highest BCUT2D eigenvalue weighted by Crippen LogP contribution is 2.31. The first-order valence-electron chi connectivity index (χ1n) is 11.2. The van der Waals surface area contributed by atoms with Gasteiger partial charge in [0.15, 0.2) is 5.69 Å². The van der Waals surface area contributed by atoms with E-state index in [1.54, 1.807) is 12.3 Å². The molecule has 9 nitrogen and oxygen atoms in total. The average Bonchev–Trinajstić information content (AvgIpc) is 3.46. The smallest absolute Gasteiger partial charge is 0.277 e. The van der Waals surface area contributed by atoms with E-state index in [0.29, 0.717) is 18.0 Å². The first-order valence-corrected chi connectivity index (χ1v) is 11.2. The predicted molar refractivity (Wildman–Crippen MR) is 124 cm³/mol. The monoisotopic (exact) mass is 446 g/mol. The summed E-state index contributed by atoms with van der Waals surface area (Å²) in [4.78, 5) is 28.5. The molecule has 1 saturated heterocycles. The number of hydrogen-bond acceptors (Lipinski definition) is 7. The number of pyridine rings is 2. The fraction of sp³-hybridized carbons (Fsp3) is 0.333. The van der Waals surface area contributed by atoms with Gasteiger partial charge >= 0.3 is 0 Å². The van der Waals surface area contributed by atoms with Crippen molar-refractivity contribution in [3.8, 4) is 11.5 Å². The van der Waals surface area contributed by atoms with Gasteiger partial charge in [-0.25, -0.2) is 9.97 Å². The van der Waals surface area contributed by atoms with Crippen LogP contribution in [0.2, 0.25) is 0 Å². The Hall–Kier alpha value is -3.72. The minimum Gasteiger partial charge on any atom is -0.444 e. The SMILES string of the molecule is Cc1cc(-c2nc(C(=O)Nc3cn4cc(CCO)nc4cc3N3CCCCC3)co2)ccn1. The summed E-state index contributed by atoms with van der Waals surface area (Å²) in [5.41, 5.74) is 5.03. The quantitative estimate of drug-likeness (QED) is 0.467. The van der Waals surface area contributed by atoms with Crippen molar-refractivity contribution in [2.75, 3.05) is 29.9 Å². The fourth-order valence-corrected chi connectivity index (χ4v) is 4.18. The number of piperidine rings is 1. The zero-order chi connectivity index (χ0) is 22.8. The van der Waals surface area contributed by atoms with Gasteiger partial charge in [-0.1, -0.05) is 0 Å². The van der Waals surface area contributed by atoms with Crippen LogP contribution in [-0.2, 0) is 6.42 Å². The van der Waals surface area contributed by atoms with Crippen LogP contribution >= 0.6 is 0 Å². The Morgan fingerprint density at radius 2 is 2.03 bits per heavy atom. The van der Waals surface area contributed by atoms with Crippen molar-refractivity contribution in [3.05, 3.63) is 60.1 Å². The lowest BCUT2D eigenvalue weighted by atomic mass is 10.1. The number of aryl methyl sites for hydroxylation is 1. The van der Waals surface area contributed by atoms with Gasteiger partial charge in [-0.3, -0.25) is 9.78 Å². The van der Waals surface area contributed by atoms with Gasteiger partial charge in [-0.05, 0) is 38.3 Å². The standard InChI is InChI=1S/C24H26N6O3/c1-16-11-17(5-7-25-16)24-28-20(15-33-24)23(32)27-19-14-30-13-18(6-10-31)26-22(30)12-21(19)29-8-3-2-4-9-29/h5,7,11-15,31H,2-4,6,8-10H2,1H3,(H,27,32). The van der Waals surface area contributed by atoms with Crippen molar-refractivity contribution >= 4 is 22.9 Å². The van der Waals surface area contributed by atoms with Gasteiger partial charge in [0.1, 0.15) is 11.9 Å². The minimum atomic E-state index is -0.343. The van der Waals surface area contributed by atoms with E-state index in [4.69, 9.17) is 4.42 Å². The molecule has 1 amide bonds. The number of aromatic nitrogens is 4. The summed E-state index contributed by atoms with van der Waals surface area (Å²) >= 11 is 0. The molecule has 0 bridgehead atoms. The fourth-order valence-electron chi connectivity index (χ4n) is 4.18. The van der Waals surface area contributed by atoms with Crippen LogP contribution in [0.1, 0.15) is 41.1 Å². The summed E-state index contributed by atoms with van der Waals surface area (Å²) in [5.74, 6) is 0.0321. The number of rotatable bonds is 6. The van der Waals surface area contributed by atoms with Crippen LogP contribution < -0.4 is 10.2 Å². The van der Waals surface area contributed by atoms with E-state index < -0.39 is 0 Å². The lowest BCUT2D eigenvalue weighted by Crippen LogP contribution is -2.30. The molecule has 0 aromatic carbocycles. The normalized spacial score (nSPS) is 14.1. The largest absolute Gasteiger partial charge is 0.444 e. The summed E-state index contributed by atoms with van der Waals surface area (Å²) < 4.78 is 7.44. The molecule has 5 heterocycles. The summed E-state index contributed by atoms with van der Waals surface area (Å²) in [6.45, 7) is 3.79. The molecule has 0 unspecified atom stereocenters. The number of anilines is 2. The third-order valence-corrected chi connectivity index (χ3v) is 5.81. The van der Waals surface area contributed by atoms with E-state index in [9.17, 15) is 9.90 Å². The van der Waals surface area contributed by atoms with Crippen LogP contribution in [0.4, 0.5) is 11.4 Å². The number of carbonyl (C=O) groups excluding carboxylic acids is 1. The highest BCUT2D eigenvalue weighted by Gasteiger charge is 2.20. The zero-order valence-corrected chi connectivity index (χ0v) is 18.5. The van der Waals surface area contributed by atoms with Crippen LogP contribution in [0.15, 0.2) is 47.5 Å². The third kappa shape index (κ3) is 4.45. The molecule has 0 radical (unpaired) electrons. The summed E-state index contributed by atoms with van der Waals surface area (Å²) in [7, 11) is 0. The lowest BCUT2D eigenvalue weighted by Gasteiger charge is -2.30. The topological polar surface area (TPSA) is 109 Å². The maximum Gasteiger partial charge on any atom is 0.277 e. The van der Waals surface area contributed by atoms with Crippen LogP contribution in [0.25, 0.3) is 17.1 Å². The first-order chi connectivity index (χ1) is 16.1. The van der Waals surface area contributed by atoms with E-state index in [0.717, 1.165) is 54.2 Å². The highest BCUT2D eigenvalue weighted by molar-refractivity contribution is 6.04. The molecular weight excluding hydrogens is 420 g/mol. The Morgan fingerprint density at radius 3 is 2.82 bits per heavy atom. The van der Waals surface area contributed by atoms with E-state index in [-0.39, 0.29) is 18.2 Å². The van der Waals surface area contributed by atoms with E-state index in [1.165, 1.54) is 12.7 Å². The van der Waals surface area contributed by atoms with Gasteiger partial charge in [0.2, 0.25) is 5.89 Å². The molecule has 1 aliphatic heterocycles. The van der Waals surface area contributed by atoms with Gasteiger partial charge in [-0.2, -0.15) is 0 Å². The van der Waals surface area contributed by atoms with Gasteiger partial charge in [0.25, 0.3) is 5.91 Å². The Kier molecular flexibility index (Phi) is 5.78. The van der Waals surface area contributed by atoms with Crippen molar-refractivity contribution in [3.63, 3.8) is 0 Å². The number of nitrogens with one attached hydrogen (secondary N) is 1. The van der Waals surface area contributed by atoms with Gasteiger partial charge in [0, 0.05) is 62.0 Å². The number of oxazole rings is 1. The van der Waals surface area contributed by atoms with Crippen molar-refractivity contribution < 1.29 is 14.3 Å². The van der Waals surface area contributed by atoms with E-state index >= 15 is 0 Å². The first kappa shape index (κ1) is 21.1. The van der Waals surface area contributed by atoms with Crippen molar-refractivity contribution in [2.24, 2.45) is 0 Å². The van der Waals surface area contributed by atoms with E-state index in [1.807, 2.05) is 35.9 Å². The zero-order valence-electron chi connectivity index (χ0n) is 18.5. The summed E-state index contributed by atoms with van der Waals surface area (Å²) in [5, 5.41) is 12.3. The predicted octanol–water partition coefficient (Wildman–Crippen LogP) is 3.47. The number of amides is 1. The number of aliphatic hydroxyl groups excluding tert-OH is 1. The molecule has 1 fully saturated rings. The Labute approximate surface area is 191 Å². The van der Waals surface area contributed by atoms with Crippen LogP contribution in [0.5, 0.6) is 0 Å². The number of hydrogen-bond donors (Lipinski definition) is 2. The molecule has 9 heteroatoms. The van der Waals surface area contributed by atoms with Gasteiger partial charge in [-0.15, -0.1) is 0 Å². The second-order valence-electron chi connectivity index (χ2n) is 8.27. The maximum absolute atomic E-state index is 13.1. The number of imidazole rings is 1. The third-order valence-electron chi connectivity index (χ3n) is 5.81. The summed E-state index contributed by atoms with van der Waals surface area (Å²) in [6, 6.07) is 5.65. The number of fused-ring (bicyclic) bond motifs is 1. The average molecular weight is 447 g/mol. The van der Waals surface area contributed by atoms with Gasteiger partial charge in [0.05, 0.1) is 17.1 Å². The molecule has 4 aromatic rings. The van der Waals surface area contributed by atoms with Crippen LogP contribution in [0.3, 0.4) is 0 Å². The lowest BCUT2D eigenvalue weighted by molar-refractivity contribution is 0.102. The molecule has 170 valence electrons. The molecule has 0 saturated carbocycles. The molecule has 0 spiro atoms. The van der Waals surface area contributed by atoms with Crippen molar-refractivity contribution in [2.45, 2.75) is 32.6 Å². The molecule has 33 heavy (non-hydrogen) atoms. The van der Waals surface area contributed by atoms with Crippen LogP contribution in [-0.4, -0.2) is 50.1 Å². The Morgan fingerprint density at radius 1 is 1.18 bits per heavy atom. The van der Waals surface area contributed by atoms with Crippen LogP contribution in [0, 0.1) is 6.92 Å². The number of carbonyl (C=O) groups is 1. The highest BCUT2D eigenvalue weighted by atomic mass is 16.3. The molecule has 5 rings (SSSR count). The summed E-state index contributed by atoms with van der Waals surface area (Å²) in [6.07, 6.45) is 10.7. The Balaban J connectivity index is 1.46. The molecule has 0 atom stereocenters. The number of nitrogens with zero attached hydrogens (tertiary/aromatic N) is 5. The second kappa shape index (κ2) is 9.03. The van der Waals surface area contributed by atoms with Crippen molar-refractivity contribution in [1.82, 2.24) is 19.4 Å². The molecule has 4 aromatic heterocycles. The molecule has 1 aliphatic rings. The molecule has 0 aliphatic carbocycles. The number of aliphatic hydroxyl groups is 1.